The summed E-state index contributed by atoms with van der Waals surface area (Å²) in [5.74, 6) is 0. The highest BCUT2D eigenvalue weighted by Gasteiger charge is 2.38. The summed E-state index contributed by atoms with van der Waals surface area (Å²) < 4.78 is 2.24. The normalized spacial score (nSPS) is 14.3. The number of hydrogen-bond acceptors (Lipinski definition) is 2. The standard InChI is InChI=1S/C25H18ClN3/c1-25(2)18-11-7-6-10-16(18)17-12-13-19-21(22(17)25)23-20(14-27-24(26)28-23)29(19)15-8-4-3-5-9-15/h3-14H,1-2H3. The van der Waals surface area contributed by atoms with Crippen molar-refractivity contribution in [3.63, 3.8) is 0 Å². The maximum Gasteiger partial charge on any atom is 0.223 e. The molecule has 0 radical (unpaired) electrons. The number of hydrogen-bond donors (Lipinski definition) is 0. The van der Waals surface area contributed by atoms with E-state index in [9.17, 15) is 0 Å². The molecule has 0 fully saturated rings. The Morgan fingerprint density at radius 1 is 0.828 bits per heavy atom. The van der Waals surface area contributed by atoms with E-state index in [-0.39, 0.29) is 10.7 Å². The first-order valence-electron chi connectivity index (χ1n) is 9.73. The van der Waals surface area contributed by atoms with Crippen LogP contribution in [0.2, 0.25) is 5.28 Å². The van der Waals surface area contributed by atoms with Crippen LogP contribution < -0.4 is 0 Å². The summed E-state index contributed by atoms with van der Waals surface area (Å²) in [6.45, 7) is 4.59. The predicted octanol–water partition coefficient (Wildman–Crippen LogP) is 6.53. The molecule has 0 bridgehead atoms. The van der Waals surface area contributed by atoms with E-state index in [2.05, 4.69) is 89.0 Å². The summed E-state index contributed by atoms with van der Waals surface area (Å²) >= 11 is 6.25. The Kier molecular flexibility index (Phi) is 3.28. The van der Waals surface area contributed by atoms with Crippen molar-refractivity contribution in [1.82, 2.24) is 14.5 Å². The summed E-state index contributed by atoms with van der Waals surface area (Å²) in [6, 6.07) is 23.5. The largest absolute Gasteiger partial charge is 0.306 e. The third-order valence-electron chi connectivity index (χ3n) is 6.17. The molecule has 6 rings (SSSR count). The third kappa shape index (κ3) is 2.14. The van der Waals surface area contributed by atoms with Gasteiger partial charge >= 0.3 is 0 Å². The molecule has 140 valence electrons. The molecule has 0 amide bonds. The number of benzene rings is 3. The van der Waals surface area contributed by atoms with Crippen LogP contribution in [0.25, 0.3) is 38.8 Å². The molecule has 5 aromatic rings. The summed E-state index contributed by atoms with van der Waals surface area (Å²) in [5.41, 5.74) is 9.20. The number of fused-ring (bicyclic) bond motifs is 7. The van der Waals surface area contributed by atoms with Gasteiger partial charge in [0.15, 0.2) is 0 Å². The van der Waals surface area contributed by atoms with Crippen molar-refractivity contribution in [2.45, 2.75) is 19.3 Å². The van der Waals surface area contributed by atoms with Crippen molar-refractivity contribution < 1.29 is 0 Å². The van der Waals surface area contributed by atoms with Gasteiger partial charge in [-0.2, -0.15) is 0 Å². The molecule has 2 aromatic heterocycles. The second kappa shape index (κ2) is 5.68. The van der Waals surface area contributed by atoms with Crippen molar-refractivity contribution in [3.8, 4) is 16.8 Å². The summed E-state index contributed by atoms with van der Waals surface area (Å²) in [5, 5.41) is 1.43. The van der Waals surface area contributed by atoms with Crippen LogP contribution in [0.1, 0.15) is 25.0 Å². The van der Waals surface area contributed by atoms with Crippen LogP contribution in [-0.2, 0) is 5.41 Å². The van der Waals surface area contributed by atoms with E-state index < -0.39 is 0 Å². The van der Waals surface area contributed by atoms with Crippen LogP contribution in [0, 0.1) is 0 Å². The summed E-state index contributed by atoms with van der Waals surface area (Å²) in [7, 11) is 0. The van der Waals surface area contributed by atoms with Crippen LogP contribution in [0.4, 0.5) is 0 Å². The van der Waals surface area contributed by atoms with E-state index in [0.29, 0.717) is 0 Å². The Bertz CT molecular complexity index is 1430. The lowest BCUT2D eigenvalue weighted by molar-refractivity contribution is 0.666. The molecular formula is C25H18ClN3. The first kappa shape index (κ1) is 16.8. The maximum absolute atomic E-state index is 6.25. The zero-order valence-electron chi connectivity index (χ0n) is 16.1. The quantitative estimate of drug-likeness (QED) is 0.302. The van der Waals surface area contributed by atoms with Gasteiger partial charge < -0.3 is 4.57 Å². The Balaban J connectivity index is 1.84. The first-order valence-corrected chi connectivity index (χ1v) is 10.1. The van der Waals surface area contributed by atoms with Crippen molar-refractivity contribution in [1.29, 1.82) is 0 Å². The molecule has 0 saturated heterocycles. The monoisotopic (exact) mass is 395 g/mol. The molecule has 0 atom stereocenters. The van der Waals surface area contributed by atoms with E-state index in [1.54, 1.807) is 0 Å². The molecule has 0 unspecified atom stereocenters. The van der Waals surface area contributed by atoms with E-state index in [1.165, 1.54) is 22.3 Å². The number of para-hydroxylation sites is 1. The highest BCUT2D eigenvalue weighted by molar-refractivity contribution is 6.29. The van der Waals surface area contributed by atoms with Gasteiger partial charge in [-0.15, -0.1) is 0 Å². The zero-order chi connectivity index (χ0) is 19.8. The summed E-state index contributed by atoms with van der Waals surface area (Å²) in [4.78, 5) is 8.98. The van der Waals surface area contributed by atoms with E-state index in [1.807, 2.05) is 12.3 Å². The molecule has 0 aliphatic heterocycles. The lowest BCUT2D eigenvalue weighted by atomic mass is 9.81. The topological polar surface area (TPSA) is 30.7 Å². The van der Waals surface area contributed by atoms with Crippen molar-refractivity contribution in [2.24, 2.45) is 0 Å². The highest BCUT2D eigenvalue weighted by Crippen LogP contribution is 2.52. The number of halogens is 1. The van der Waals surface area contributed by atoms with E-state index in [0.717, 1.165) is 27.6 Å². The first-order chi connectivity index (χ1) is 14.1. The van der Waals surface area contributed by atoms with Crippen LogP contribution in [0.15, 0.2) is 72.9 Å². The number of rotatable bonds is 1. The second-order valence-corrected chi connectivity index (χ2v) is 8.43. The fraction of sp³-hybridized carbons (Fsp3) is 0.120. The molecule has 3 nitrogen and oxygen atoms in total. The Morgan fingerprint density at radius 3 is 2.41 bits per heavy atom. The maximum atomic E-state index is 6.25. The molecular weight excluding hydrogens is 378 g/mol. The average Bonchev–Trinajstić information content (AvgIpc) is 3.18. The lowest BCUT2D eigenvalue weighted by Gasteiger charge is -2.22. The van der Waals surface area contributed by atoms with Crippen molar-refractivity contribution in [3.05, 3.63) is 89.3 Å². The minimum atomic E-state index is -0.126. The Labute approximate surface area is 173 Å². The fourth-order valence-corrected chi connectivity index (χ4v) is 5.11. The number of aromatic nitrogens is 3. The van der Waals surface area contributed by atoms with Crippen LogP contribution >= 0.6 is 11.6 Å². The van der Waals surface area contributed by atoms with Gasteiger partial charge in [0.1, 0.15) is 5.52 Å². The molecule has 1 aliphatic rings. The molecule has 3 aromatic carbocycles. The fourth-order valence-electron chi connectivity index (χ4n) is 4.98. The molecule has 1 aliphatic carbocycles. The van der Waals surface area contributed by atoms with Crippen LogP contribution in [0.5, 0.6) is 0 Å². The van der Waals surface area contributed by atoms with Crippen molar-refractivity contribution in [2.75, 3.05) is 0 Å². The smallest absolute Gasteiger partial charge is 0.223 e. The molecule has 29 heavy (non-hydrogen) atoms. The van der Waals surface area contributed by atoms with E-state index >= 15 is 0 Å². The van der Waals surface area contributed by atoms with Crippen molar-refractivity contribution >= 4 is 33.5 Å². The van der Waals surface area contributed by atoms with Crippen LogP contribution in [-0.4, -0.2) is 14.5 Å². The highest BCUT2D eigenvalue weighted by atomic mass is 35.5. The van der Waals surface area contributed by atoms with Gasteiger partial charge in [0.05, 0.1) is 17.2 Å². The minimum Gasteiger partial charge on any atom is -0.306 e. The van der Waals surface area contributed by atoms with Gasteiger partial charge in [0.25, 0.3) is 0 Å². The number of nitrogens with zero attached hydrogens (tertiary/aromatic N) is 3. The molecule has 4 heteroatoms. The van der Waals surface area contributed by atoms with Gasteiger partial charge in [-0.1, -0.05) is 62.4 Å². The lowest BCUT2D eigenvalue weighted by Crippen LogP contribution is -2.15. The van der Waals surface area contributed by atoms with Gasteiger partial charge in [-0.3, -0.25) is 0 Å². The molecule has 2 heterocycles. The predicted molar refractivity (Wildman–Crippen MR) is 119 cm³/mol. The molecule has 0 N–H and O–H groups in total. The summed E-state index contributed by atoms with van der Waals surface area (Å²) in [6.07, 6.45) is 1.83. The molecule has 0 saturated carbocycles. The Morgan fingerprint density at radius 2 is 1.59 bits per heavy atom. The minimum absolute atomic E-state index is 0.126. The average molecular weight is 396 g/mol. The van der Waals surface area contributed by atoms with Gasteiger partial charge in [0, 0.05) is 16.5 Å². The third-order valence-corrected chi connectivity index (χ3v) is 6.35. The SMILES string of the molecule is CC1(C)c2ccccc2-c2ccc3c(c21)c1nc(Cl)ncc1n3-c1ccccc1. The second-order valence-electron chi connectivity index (χ2n) is 8.10. The van der Waals surface area contributed by atoms with Gasteiger partial charge in [0.2, 0.25) is 5.28 Å². The van der Waals surface area contributed by atoms with Gasteiger partial charge in [-0.25, -0.2) is 9.97 Å². The van der Waals surface area contributed by atoms with E-state index in [4.69, 9.17) is 11.6 Å². The zero-order valence-corrected chi connectivity index (χ0v) is 16.9. The molecule has 0 spiro atoms. The Hall–Kier alpha value is -3.17. The van der Waals surface area contributed by atoms with Gasteiger partial charge in [-0.05, 0) is 52.1 Å². The van der Waals surface area contributed by atoms with Crippen LogP contribution in [0.3, 0.4) is 0 Å².